The maximum Gasteiger partial charge on any atom is 0.250 e. The minimum atomic E-state index is -1.71. The van der Waals surface area contributed by atoms with E-state index in [0.29, 0.717) is 11.6 Å². The van der Waals surface area contributed by atoms with Gasteiger partial charge in [-0.2, -0.15) is 0 Å². The molecule has 2 aromatic carbocycles. The molecule has 1 aromatic heterocycles. The van der Waals surface area contributed by atoms with Gasteiger partial charge in [-0.05, 0) is 0 Å². The van der Waals surface area contributed by atoms with E-state index < -0.39 is 3.79 Å². The van der Waals surface area contributed by atoms with Gasteiger partial charge in [0.15, 0.2) is 17.5 Å². The predicted octanol–water partition coefficient (Wildman–Crippen LogP) is 5.03. The van der Waals surface area contributed by atoms with E-state index in [1.807, 2.05) is 60.7 Å². The van der Waals surface area contributed by atoms with Crippen molar-refractivity contribution in [3.63, 3.8) is 0 Å². The van der Waals surface area contributed by atoms with Crippen LogP contribution in [-0.4, -0.2) is 15.0 Å². The van der Waals surface area contributed by atoms with Crippen LogP contribution in [0.3, 0.4) is 0 Å². The number of hydrogen-bond acceptors (Lipinski definition) is 3. The van der Waals surface area contributed by atoms with Gasteiger partial charge in [-0.25, -0.2) is 15.0 Å². The Balaban J connectivity index is 2.19. The molecule has 0 radical (unpaired) electrons. The van der Waals surface area contributed by atoms with Gasteiger partial charge in [0, 0.05) is 11.1 Å². The summed E-state index contributed by atoms with van der Waals surface area (Å²) < 4.78 is -1.71. The Kier molecular flexibility index (Phi) is 4.30. The number of rotatable bonds is 2. The molecule has 0 bridgehead atoms. The second kappa shape index (κ2) is 6.21. The van der Waals surface area contributed by atoms with Gasteiger partial charge in [0.2, 0.25) is 3.79 Å². The summed E-state index contributed by atoms with van der Waals surface area (Å²) in [5, 5.41) is 0. The second-order valence-electron chi connectivity index (χ2n) is 4.54. The van der Waals surface area contributed by atoms with Crippen LogP contribution in [0.15, 0.2) is 60.7 Å². The van der Waals surface area contributed by atoms with E-state index >= 15 is 0 Å². The average molecular weight is 351 g/mol. The van der Waals surface area contributed by atoms with Crippen LogP contribution in [0.2, 0.25) is 0 Å². The lowest BCUT2D eigenvalue weighted by atomic mass is 10.2. The molecule has 0 atom stereocenters. The van der Waals surface area contributed by atoms with E-state index in [0.717, 1.165) is 11.1 Å². The fraction of sp³-hybridized carbons (Fsp3) is 0.0625. The number of alkyl halides is 3. The molecule has 0 spiro atoms. The van der Waals surface area contributed by atoms with E-state index in [1.54, 1.807) is 0 Å². The summed E-state index contributed by atoms with van der Waals surface area (Å²) >= 11 is 17.9. The van der Waals surface area contributed by atoms with Crippen molar-refractivity contribution in [2.75, 3.05) is 0 Å². The summed E-state index contributed by atoms with van der Waals surface area (Å²) in [5.74, 6) is 1.04. The van der Waals surface area contributed by atoms with Gasteiger partial charge in [0.05, 0.1) is 0 Å². The normalized spacial score (nSPS) is 11.4. The number of aromatic nitrogens is 3. The first-order valence-electron chi connectivity index (χ1n) is 6.48. The fourth-order valence-electron chi connectivity index (χ4n) is 1.94. The van der Waals surface area contributed by atoms with Crippen molar-refractivity contribution in [3.8, 4) is 22.8 Å². The molecule has 6 heteroatoms. The molecule has 0 fully saturated rings. The number of benzene rings is 2. The molecule has 0 amide bonds. The molecular formula is C16H10Cl3N3. The topological polar surface area (TPSA) is 38.7 Å². The third-order valence-corrected chi connectivity index (χ3v) is 3.46. The van der Waals surface area contributed by atoms with Crippen molar-refractivity contribution in [2.45, 2.75) is 3.79 Å². The minimum Gasteiger partial charge on any atom is -0.208 e. The smallest absolute Gasteiger partial charge is 0.208 e. The summed E-state index contributed by atoms with van der Waals surface area (Å²) in [7, 11) is 0. The molecule has 22 heavy (non-hydrogen) atoms. The third-order valence-electron chi connectivity index (χ3n) is 2.95. The monoisotopic (exact) mass is 349 g/mol. The SMILES string of the molecule is ClC(Cl)(Cl)c1nc(-c2ccccc2)nc(-c2ccccc2)n1. The molecule has 0 aliphatic carbocycles. The zero-order chi connectivity index (χ0) is 15.6. The first kappa shape index (κ1) is 15.2. The van der Waals surface area contributed by atoms with Crippen molar-refractivity contribution in [2.24, 2.45) is 0 Å². The maximum atomic E-state index is 5.96. The summed E-state index contributed by atoms with van der Waals surface area (Å²) in [6, 6.07) is 19.0. The third kappa shape index (κ3) is 3.38. The van der Waals surface area contributed by atoms with E-state index in [4.69, 9.17) is 34.8 Å². The highest BCUT2D eigenvalue weighted by atomic mass is 35.6. The molecule has 0 saturated heterocycles. The van der Waals surface area contributed by atoms with E-state index in [-0.39, 0.29) is 5.82 Å². The summed E-state index contributed by atoms with van der Waals surface area (Å²) in [4.78, 5) is 13.1. The number of nitrogens with zero attached hydrogens (tertiary/aromatic N) is 3. The quantitative estimate of drug-likeness (QED) is 0.608. The van der Waals surface area contributed by atoms with Crippen LogP contribution in [0, 0.1) is 0 Å². The lowest BCUT2D eigenvalue weighted by Crippen LogP contribution is -2.11. The lowest BCUT2D eigenvalue weighted by molar-refractivity contribution is 0.932. The maximum absolute atomic E-state index is 5.96. The van der Waals surface area contributed by atoms with Crippen molar-refractivity contribution >= 4 is 34.8 Å². The molecule has 3 nitrogen and oxygen atoms in total. The van der Waals surface area contributed by atoms with Crippen LogP contribution in [0.5, 0.6) is 0 Å². The summed E-state index contributed by atoms with van der Waals surface area (Å²) in [6.45, 7) is 0. The largest absolute Gasteiger partial charge is 0.250 e. The van der Waals surface area contributed by atoms with E-state index in [9.17, 15) is 0 Å². The summed E-state index contributed by atoms with van der Waals surface area (Å²) in [6.07, 6.45) is 0. The Labute approximate surface area is 142 Å². The molecular weight excluding hydrogens is 341 g/mol. The van der Waals surface area contributed by atoms with Gasteiger partial charge in [-0.1, -0.05) is 95.5 Å². The highest BCUT2D eigenvalue weighted by Crippen LogP contribution is 2.37. The van der Waals surface area contributed by atoms with Gasteiger partial charge >= 0.3 is 0 Å². The molecule has 0 N–H and O–H groups in total. The highest BCUT2D eigenvalue weighted by molar-refractivity contribution is 6.66. The molecule has 3 aromatic rings. The molecule has 1 heterocycles. The minimum absolute atomic E-state index is 0.102. The molecule has 110 valence electrons. The van der Waals surface area contributed by atoms with Gasteiger partial charge in [-0.3, -0.25) is 0 Å². The van der Waals surface area contributed by atoms with Crippen molar-refractivity contribution in [1.29, 1.82) is 0 Å². The van der Waals surface area contributed by atoms with E-state index in [1.165, 1.54) is 0 Å². The molecule has 3 rings (SSSR count). The van der Waals surface area contributed by atoms with Gasteiger partial charge in [-0.15, -0.1) is 0 Å². The first-order chi connectivity index (χ1) is 10.5. The average Bonchev–Trinajstić information content (AvgIpc) is 2.55. The van der Waals surface area contributed by atoms with Crippen LogP contribution in [0.4, 0.5) is 0 Å². The van der Waals surface area contributed by atoms with Crippen molar-refractivity contribution in [3.05, 3.63) is 66.5 Å². The standard InChI is InChI=1S/C16H10Cl3N3/c17-16(18,19)15-21-13(11-7-3-1-4-8-11)20-14(22-15)12-9-5-2-6-10-12/h1-10H. The van der Waals surface area contributed by atoms with Crippen molar-refractivity contribution in [1.82, 2.24) is 15.0 Å². The number of halogens is 3. The zero-order valence-electron chi connectivity index (χ0n) is 11.2. The Morgan fingerprint density at radius 3 is 1.36 bits per heavy atom. The van der Waals surface area contributed by atoms with Crippen molar-refractivity contribution < 1.29 is 0 Å². The Hall–Kier alpha value is -1.68. The molecule has 0 aliphatic heterocycles. The Morgan fingerprint density at radius 2 is 1.00 bits per heavy atom. The Bertz CT molecular complexity index is 714. The highest BCUT2D eigenvalue weighted by Gasteiger charge is 2.28. The van der Waals surface area contributed by atoms with E-state index in [2.05, 4.69) is 15.0 Å². The van der Waals surface area contributed by atoms with Crippen LogP contribution in [-0.2, 0) is 3.79 Å². The number of hydrogen-bond donors (Lipinski definition) is 0. The van der Waals surface area contributed by atoms with Crippen LogP contribution < -0.4 is 0 Å². The summed E-state index contributed by atoms with van der Waals surface area (Å²) in [5.41, 5.74) is 1.66. The molecule has 0 saturated carbocycles. The van der Waals surface area contributed by atoms with Crippen LogP contribution in [0.1, 0.15) is 5.82 Å². The second-order valence-corrected chi connectivity index (χ2v) is 6.82. The van der Waals surface area contributed by atoms with Crippen LogP contribution >= 0.6 is 34.8 Å². The molecule has 0 aliphatic rings. The molecule has 0 unspecified atom stereocenters. The lowest BCUT2D eigenvalue weighted by Gasteiger charge is -2.12. The van der Waals surface area contributed by atoms with Gasteiger partial charge in [0.25, 0.3) is 0 Å². The fourth-order valence-corrected chi connectivity index (χ4v) is 2.19. The van der Waals surface area contributed by atoms with Gasteiger partial charge < -0.3 is 0 Å². The first-order valence-corrected chi connectivity index (χ1v) is 7.61. The predicted molar refractivity (Wildman–Crippen MR) is 89.9 cm³/mol. The van der Waals surface area contributed by atoms with Crippen LogP contribution in [0.25, 0.3) is 22.8 Å². The zero-order valence-corrected chi connectivity index (χ0v) is 13.5. The Morgan fingerprint density at radius 1 is 0.591 bits per heavy atom. The van der Waals surface area contributed by atoms with Gasteiger partial charge in [0.1, 0.15) is 0 Å².